The van der Waals surface area contributed by atoms with Gasteiger partial charge in [0.25, 0.3) is 10.0 Å². The van der Waals surface area contributed by atoms with Crippen LogP contribution in [0, 0.1) is 41.0 Å². The molecule has 390 valence electrons. The summed E-state index contributed by atoms with van der Waals surface area (Å²) in [4.78, 5) is 26.6. The van der Waals surface area contributed by atoms with Gasteiger partial charge in [-0.1, -0.05) is 73.1 Å². The van der Waals surface area contributed by atoms with Crippen molar-refractivity contribution >= 4 is 43.7 Å². The van der Waals surface area contributed by atoms with Gasteiger partial charge < -0.3 is 25.8 Å². The van der Waals surface area contributed by atoms with E-state index in [0.29, 0.717) is 16.6 Å². The van der Waals surface area contributed by atoms with Crippen LogP contribution in [0.1, 0.15) is 73.8 Å². The highest BCUT2D eigenvalue weighted by Gasteiger charge is 2.43. The van der Waals surface area contributed by atoms with Gasteiger partial charge in [0.15, 0.2) is 52.8 Å². The summed E-state index contributed by atoms with van der Waals surface area (Å²) in [5.41, 5.74) is -0.249. The van der Waals surface area contributed by atoms with Crippen LogP contribution in [0.25, 0.3) is 44.8 Å². The summed E-state index contributed by atoms with van der Waals surface area (Å²) in [7, 11) is -4.21. The van der Waals surface area contributed by atoms with Crippen LogP contribution in [-0.4, -0.2) is 94.1 Å². The van der Waals surface area contributed by atoms with Crippen molar-refractivity contribution in [2.45, 2.75) is 117 Å². The molecular weight excluding hydrogens is 991 g/mol. The molecule has 0 saturated heterocycles. The summed E-state index contributed by atoms with van der Waals surface area (Å²) < 4.78 is 162. The molecule has 4 atom stereocenters. The number of fused-ring (bicyclic) bond motifs is 2. The predicted molar refractivity (Wildman–Crippen MR) is 250 cm³/mol. The van der Waals surface area contributed by atoms with E-state index in [1.165, 1.54) is 24.4 Å². The van der Waals surface area contributed by atoms with Gasteiger partial charge in [-0.2, -0.15) is 26.3 Å². The second kappa shape index (κ2) is 21.7. The molecule has 0 amide bonds. The zero-order valence-electron chi connectivity index (χ0n) is 40.2. The molecule has 0 fully saturated rings. The van der Waals surface area contributed by atoms with E-state index >= 15 is 0 Å². The number of alkyl halides is 6. The van der Waals surface area contributed by atoms with Crippen molar-refractivity contribution in [3.8, 4) is 22.8 Å². The summed E-state index contributed by atoms with van der Waals surface area (Å²) in [5.74, 6) is -4.26. The molecule has 6 heterocycles. The number of aromatic amines is 1. The highest BCUT2D eigenvalue weighted by Crippen LogP contribution is 2.36. The van der Waals surface area contributed by atoms with E-state index < -0.39 is 99.4 Å². The van der Waals surface area contributed by atoms with Crippen LogP contribution in [-0.2, 0) is 10.0 Å². The van der Waals surface area contributed by atoms with Crippen LogP contribution in [0.4, 0.5) is 55.5 Å². The lowest BCUT2D eigenvalue weighted by atomic mass is 9.83. The van der Waals surface area contributed by atoms with Crippen molar-refractivity contribution in [2.24, 2.45) is 10.8 Å². The average molecular weight is 1040 g/mol. The Bertz CT molecular complexity index is 3100. The topological polar surface area (TPSA) is 197 Å². The number of pyridine rings is 2. The third-order valence-corrected chi connectivity index (χ3v) is 12.7. The summed E-state index contributed by atoms with van der Waals surface area (Å²) >= 11 is 0. The van der Waals surface area contributed by atoms with Crippen LogP contribution in [0.2, 0.25) is 0 Å². The monoisotopic (exact) mass is 1040 g/mol. The molecule has 7 aromatic rings. The van der Waals surface area contributed by atoms with E-state index in [1.54, 1.807) is 60.6 Å². The third-order valence-electron chi connectivity index (χ3n) is 11.0. The third kappa shape index (κ3) is 13.3. The molecule has 6 aromatic heterocycles. The Morgan fingerprint density at radius 2 is 1.10 bits per heavy atom. The lowest BCUT2D eigenvalue weighted by Crippen LogP contribution is -2.42. The molecule has 14 nitrogen and oxygen atoms in total. The Morgan fingerprint density at radius 3 is 1.56 bits per heavy atom. The number of hydrogen-bond donors (Lipinski definition) is 5. The number of nitrogens with one attached hydrogen (secondary N) is 3. The van der Waals surface area contributed by atoms with Gasteiger partial charge in [0, 0.05) is 59.2 Å². The van der Waals surface area contributed by atoms with Gasteiger partial charge >= 0.3 is 12.4 Å². The molecule has 1 aromatic carbocycles. The zero-order chi connectivity index (χ0) is 53.9. The van der Waals surface area contributed by atoms with Crippen molar-refractivity contribution in [2.75, 3.05) is 10.6 Å². The van der Waals surface area contributed by atoms with Gasteiger partial charge in [0.1, 0.15) is 17.3 Å². The maximum absolute atomic E-state index is 14.8. The lowest BCUT2D eigenvalue weighted by molar-refractivity contribution is -0.207. The average Bonchev–Trinajstić information content (AvgIpc) is 3.89. The second-order valence-corrected chi connectivity index (χ2v) is 20.2. The Labute approximate surface area is 407 Å². The van der Waals surface area contributed by atoms with Crippen LogP contribution in [0.15, 0.2) is 78.5 Å². The predicted octanol–water partition coefficient (Wildman–Crippen LogP) is 10.9. The second-order valence-electron chi connectivity index (χ2n) is 18.4. The van der Waals surface area contributed by atoms with E-state index in [1.807, 2.05) is 13.8 Å². The molecule has 5 N–H and O–H groups in total. The molecule has 0 saturated carbocycles. The minimum atomic E-state index is -4.89. The van der Waals surface area contributed by atoms with Crippen molar-refractivity contribution in [1.29, 1.82) is 0 Å². The number of hydrogen-bond acceptors (Lipinski definition) is 12. The molecule has 72 heavy (non-hydrogen) atoms. The first-order chi connectivity index (χ1) is 33.3. The first-order valence-electron chi connectivity index (χ1n) is 22.0. The maximum Gasteiger partial charge on any atom is 0.414 e. The Balaban J connectivity index is 0.000000269. The standard InChI is InChI=1S/C26H26F5N5O3S.C19H20F5N5O.C2H6/c1-14-5-7-16(8-6-14)40(38,39)36-13-18(17-9-15(27)11-33-24(17)36)22-32-12-19(28)23(35-22)34-20(25(2,3)4)10-21(37)26(29,30)31;1-18(2,3)13(5-14(30)19(22,23)24)28-17-12(21)8-27-16(29-17)11-7-26-15-10(11)4-9(20)6-25-15;1-2/h5-9,11-13,20-21,37H,10H2,1-4H3,(H,32,34,35);4,6-8,13-14,30H,5H2,1-3H3,(H,25,26)(H,27,28,29);1-2H3/t20-,21?;13-,14?;/m11./s1. The van der Waals surface area contributed by atoms with Crippen LogP contribution >= 0.6 is 0 Å². The summed E-state index contributed by atoms with van der Waals surface area (Å²) in [5, 5.41) is 24.8. The van der Waals surface area contributed by atoms with Crippen molar-refractivity contribution in [1.82, 2.24) is 38.9 Å². The number of nitrogens with zero attached hydrogens (tertiary/aromatic N) is 7. The number of H-pyrrole nitrogens is 1. The minimum absolute atomic E-state index is 0.00751. The van der Waals surface area contributed by atoms with Crippen LogP contribution in [0.5, 0.6) is 0 Å². The van der Waals surface area contributed by atoms with Gasteiger partial charge in [-0.3, -0.25) is 0 Å². The van der Waals surface area contributed by atoms with Gasteiger partial charge in [-0.05, 0) is 42.0 Å². The quantitative estimate of drug-likeness (QED) is 0.0728. The minimum Gasteiger partial charge on any atom is -0.384 e. The SMILES string of the molecule is CC.CC(C)(C)[C@@H](CC(O)C(F)(F)F)Nc1nc(-c2c[nH]c3ncc(F)cc23)ncc1F.Cc1ccc(S(=O)(=O)n2cc(-c3ncc(F)c(N[C@H](CC(O)C(F)(F)F)C(C)(C)C)n3)c3cc(F)cnc32)cc1. The number of halogens is 10. The zero-order valence-corrected chi connectivity index (χ0v) is 41.0. The van der Waals surface area contributed by atoms with Crippen LogP contribution < -0.4 is 10.6 Å². The van der Waals surface area contributed by atoms with E-state index in [4.69, 9.17) is 0 Å². The Kier molecular flexibility index (Phi) is 17.0. The first-order valence-corrected chi connectivity index (χ1v) is 23.5. The van der Waals surface area contributed by atoms with E-state index in [9.17, 15) is 62.5 Å². The van der Waals surface area contributed by atoms with Gasteiger partial charge in [0.05, 0.1) is 29.7 Å². The molecule has 0 spiro atoms. The van der Waals surface area contributed by atoms with Crippen molar-refractivity contribution in [3.63, 3.8) is 0 Å². The van der Waals surface area contributed by atoms with Crippen molar-refractivity contribution in [3.05, 3.63) is 102 Å². The Morgan fingerprint density at radius 1 is 0.653 bits per heavy atom. The number of aliphatic hydroxyl groups is 2. The fourth-order valence-corrected chi connectivity index (χ4v) is 8.22. The largest absolute Gasteiger partial charge is 0.414 e. The van der Waals surface area contributed by atoms with E-state index in [2.05, 4.69) is 45.5 Å². The van der Waals surface area contributed by atoms with Gasteiger partial charge in [0.2, 0.25) is 0 Å². The normalized spacial score (nSPS) is 14.2. The summed E-state index contributed by atoms with van der Waals surface area (Å²) in [6, 6.07) is 6.19. The summed E-state index contributed by atoms with van der Waals surface area (Å²) in [6.45, 7) is 15.6. The summed E-state index contributed by atoms with van der Waals surface area (Å²) in [6.07, 6.45) is -10.3. The molecular formula is C47H52F10N10O4S. The van der Waals surface area contributed by atoms with E-state index in [0.717, 1.165) is 46.6 Å². The molecule has 7 rings (SSSR count). The van der Waals surface area contributed by atoms with Crippen LogP contribution in [0.3, 0.4) is 0 Å². The Hall–Kier alpha value is -6.47. The van der Waals surface area contributed by atoms with Gasteiger partial charge in [-0.25, -0.2) is 59.9 Å². The number of aromatic nitrogens is 8. The van der Waals surface area contributed by atoms with Gasteiger partial charge in [-0.15, -0.1) is 0 Å². The number of benzene rings is 1. The molecule has 0 bridgehead atoms. The fourth-order valence-electron chi connectivity index (χ4n) is 6.90. The highest BCUT2D eigenvalue weighted by atomic mass is 32.2. The molecule has 0 aliphatic heterocycles. The first kappa shape index (κ1) is 56.4. The fraction of sp³-hybridized carbons (Fsp3) is 0.404. The number of rotatable bonds is 12. The smallest absolute Gasteiger partial charge is 0.384 e. The molecule has 0 aliphatic carbocycles. The number of anilines is 2. The van der Waals surface area contributed by atoms with Crippen molar-refractivity contribution < 1.29 is 62.5 Å². The molecule has 0 aliphatic rings. The lowest BCUT2D eigenvalue weighted by Gasteiger charge is -2.34. The van der Waals surface area contributed by atoms with E-state index in [-0.39, 0.29) is 39.0 Å². The highest BCUT2D eigenvalue weighted by molar-refractivity contribution is 7.90. The molecule has 25 heteroatoms. The number of aryl methyl sites for hydroxylation is 1. The molecule has 0 radical (unpaired) electrons. The maximum atomic E-state index is 14.8. The molecule has 2 unspecified atom stereocenters. The number of aliphatic hydroxyl groups excluding tert-OH is 2.